The normalized spacial score (nSPS) is 18.0. The van der Waals surface area contributed by atoms with Gasteiger partial charge in [0.15, 0.2) is 5.78 Å². The Hall–Kier alpha value is -1.98. The number of carbonyl (C=O) groups is 2. The maximum Gasteiger partial charge on any atom is 0.252 e. The van der Waals surface area contributed by atoms with Crippen molar-refractivity contribution in [1.82, 2.24) is 10.2 Å². The third kappa shape index (κ3) is 5.00. The van der Waals surface area contributed by atoms with E-state index in [1.807, 2.05) is 6.07 Å². The standard InChI is InChI=1S/C20H24N2O2S/c1-15(23)19-12-17(14-25-19)20(24)21-18-8-5-10-22(13-18)11-9-16-6-3-2-4-7-16/h2-4,6-7,12,14,18H,5,8-11,13H2,1H3,(H,21,24)/t18-/m0/s1. The fraction of sp³-hybridized carbons (Fsp3) is 0.400. The number of piperidine rings is 1. The predicted molar refractivity (Wildman–Crippen MR) is 101 cm³/mol. The van der Waals surface area contributed by atoms with Gasteiger partial charge in [-0.1, -0.05) is 30.3 Å². The van der Waals surface area contributed by atoms with E-state index >= 15 is 0 Å². The van der Waals surface area contributed by atoms with Gasteiger partial charge in [0.25, 0.3) is 5.91 Å². The van der Waals surface area contributed by atoms with Crippen molar-refractivity contribution in [2.75, 3.05) is 19.6 Å². The molecule has 1 aliphatic rings. The number of nitrogens with zero attached hydrogens (tertiary/aromatic N) is 1. The molecule has 1 saturated heterocycles. The van der Waals surface area contributed by atoms with Crippen LogP contribution in [0, 0.1) is 0 Å². The number of carbonyl (C=O) groups excluding carboxylic acids is 2. The third-order valence-electron chi connectivity index (χ3n) is 4.61. The molecule has 2 heterocycles. The molecule has 0 aliphatic carbocycles. The first-order chi connectivity index (χ1) is 12.1. The molecule has 3 rings (SSSR count). The van der Waals surface area contributed by atoms with Gasteiger partial charge in [0.05, 0.1) is 10.4 Å². The second-order valence-electron chi connectivity index (χ2n) is 6.60. The summed E-state index contributed by atoms with van der Waals surface area (Å²) >= 11 is 1.33. The van der Waals surface area contributed by atoms with Crippen molar-refractivity contribution in [3.05, 3.63) is 57.8 Å². The number of amides is 1. The summed E-state index contributed by atoms with van der Waals surface area (Å²) in [7, 11) is 0. The van der Waals surface area contributed by atoms with Crippen molar-refractivity contribution < 1.29 is 9.59 Å². The molecular weight excluding hydrogens is 332 g/mol. The fourth-order valence-electron chi connectivity index (χ4n) is 3.22. The van der Waals surface area contributed by atoms with E-state index in [9.17, 15) is 9.59 Å². The quantitative estimate of drug-likeness (QED) is 0.807. The maximum absolute atomic E-state index is 12.4. The van der Waals surface area contributed by atoms with E-state index in [0.717, 1.165) is 38.9 Å². The summed E-state index contributed by atoms with van der Waals surface area (Å²) < 4.78 is 0. The lowest BCUT2D eigenvalue weighted by Gasteiger charge is -2.33. The summed E-state index contributed by atoms with van der Waals surface area (Å²) in [5.41, 5.74) is 1.94. The van der Waals surface area contributed by atoms with Gasteiger partial charge in [0.2, 0.25) is 0 Å². The van der Waals surface area contributed by atoms with Crippen LogP contribution in [0.15, 0.2) is 41.8 Å². The minimum Gasteiger partial charge on any atom is -0.348 e. The molecule has 1 atom stereocenters. The van der Waals surface area contributed by atoms with E-state index in [2.05, 4.69) is 34.5 Å². The highest BCUT2D eigenvalue weighted by molar-refractivity contribution is 7.12. The van der Waals surface area contributed by atoms with Gasteiger partial charge in [-0.05, 0) is 44.4 Å². The first-order valence-electron chi connectivity index (χ1n) is 8.78. The van der Waals surface area contributed by atoms with Gasteiger partial charge in [0, 0.05) is 24.5 Å². The zero-order valence-corrected chi connectivity index (χ0v) is 15.3. The Labute approximate surface area is 152 Å². The van der Waals surface area contributed by atoms with E-state index in [1.54, 1.807) is 11.4 Å². The molecule has 25 heavy (non-hydrogen) atoms. The van der Waals surface area contributed by atoms with Crippen molar-refractivity contribution in [3.63, 3.8) is 0 Å². The highest BCUT2D eigenvalue weighted by Gasteiger charge is 2.22. The number of benzene rings is 1. The van der Waals surface area contributed by atoms with E-state index < -0.39 is 0 Å². The van der Waals surface area contributed by atoms with E-state index in [0.29, 0.717) is 10.4 Å². The van der Waals surface area contributed by atoms with E-state index in [-0.39, 0.29) is 17.7 Å². The number of hydrogen-bond donors (Lipinski definition) is 1. The van der Waals surface area contributed by atoms with Gasteiger partial charge in [0.1, 0.15) is 0 Å². The highest BCUT2D eigenvalue weighted by atomic mass is 32.1. The zero-order valence-electron chi connectivity index (χ0n) is 14.5. The van der Waals surface area contributed by atoms with Crippen LogP contribution in [0.1, 0.15) is 45.4 Å². The van der Waals surface area contributed by atoms with Crippen LogP contribution in [0.4, 0.5) is 0 Å². The van der Waals surface area contributed by atoms with Gasteiger partial charge in [-0.25, -0.2) is 0 Å². The van der Waals surface area contributed by atoms with Crippen LogP contribution in [-0.2, 0) is 6.42 Å². The third-order valence-corrected chi connectivity index (χ3v) is 5.64. The monoisotopic (exact) mass is 356 g/mol. The molecule has 1 aromatic carbocycles. The van der Waals surface area contributed by atoms with Gasteiger partial charge in [-0.3, -0.25) is 9.59 Å². The average Bonchev–Trinajstić information content (AvgIpc) is 3.12. The fourth-order valence-corrected chi connectivity index (χ4v) is 4.01. The number of nitrogens with one attached hydrogen (secondary N) is 1. The maximum atomic E-state index is 12.4. The van der Waals surface area contributed by atoms with Crippen molar-refractivity contribution >= 4 is 23.0 Å². The highest BCUT2D eigenvalue weighted by Crippen LogP contribution is 2.17. The smallest absolute Gasteiger partial charge is 0.252 e. The molecule has 5 heteroatoms. The first-order valence-corrected chi connectivity index (χ1v) is 9.66. The lowest BCUT2D eigenvalue weighted by atomic mass is 10.0. The van der Waals surface area contributed by atoms with Crippen molar-refractivity contribution in [3.8, 4) is 0 Å². The Morgan fingerprint density at radius 3 is 2.80 bits per heavy atom. The van der Waals surface area contributed by atoms with E-state index in [1.165, 1.54) is 23.8 Å². The van der Waals surface area contributed by atoms with Gasteiger partial charge in [-0.15, -0.1) is 11.3 Å². The number of Topliss-reactive ketones (excluding diaryl/α,β-unsaturated/α-hetero) is 1. The second kappa shape index (κ2) is 8.41. The van der Waals surface area contributed by atoms with Crippen molar-refractivity contribution in [2.45, 2.75) is 32.2 Å². The summed E-state index contributed by atoms with van der Waals surface area (Å²) in [6.45, 7) is 4.52. The Bertz CT molecular complexity index is 726. The molecule has 0 bridgehead atoms. The zero-order chi connectivity index (χ0) is 17.6. The van der Waals surface area contributed by atoms with Crippen LogP contribution in [0.5, 0.6) is 0 Å². The number of ketones is 1. The largest absolute Gasteiger partial charge is 0.348 e. The van der Waals surface area contributed by atoms with Crippen molar-refractivity contribution in [2.24, 2.45) is 0 Å². The minimum atomic E-state index is -0.0707. The number of likely N-dealkylation sites (tertiary alicyclic amines) is 1. The van der Waals surface area contributed by atoms with Crippen LogP contribution in [0.25, 0.3) is 0 Å². The van der Waals surface area contributed by atoms with Gasteiger partial charge < -0.3 is 10.2 Å². The molecule has 1 amide bonds. The Morgan fingerprint density at radius 1 is 1.28 bits per heavy atom. The second-order valence-corrected chi connectivity index (χ2v) is 7.52. The first kappa shape index (κ1) is 17.8. The van der Waals surface area contributed by atoms with Crippen LogP contribution in [0.2, 0.25) is 0 Å². The van der Waals surface area contributed by atoms with Gasteiger partial charge >= 0.3 is 0 Å². The van der Waals surface area contributed by atoms with Crippen LogP contribution < -0.4 is 5.32 Å². The number of hydrogen-bond acceptors (Lipinski definition) is 4. The summed E-state index contributed by atoms with van der Waals surface area (Å²) in [5.74, 6) is -0.0625. The topological polar surface area (TPSA) is 49.4 Å². The van der Waals surface area contributed by atoms with Gasteiger partial charge in [-0.2, -0.15) is 0 Å². The van der Waals surface area contributed by atoms with Crippen LogP contribution in [0.3, 0.4) is 0 Å². The molecular formula is C20H24N2O2S. The number of rotatable bonds is 6. The predicted octanol–water partition coefficient (Wildman–Crippen LogP) is 3.39. The minimum absolute atomic E-state index is 0.00815. The Balaban J connectivity index is 1.50. The molecule has 0 spiro atoms. The van der Waals surface area contributed by atoms with Crippen LogP contribution in [-0.4, -0.2) is 42.3 Å². The SMILES string of the molecule is CC(=O)c1cc(C(=O)N[C@H]2CCCN(CCc3ccccc3)C2)cs1. The molecule has 4 nitrogen and oxygen atoms in total. The van der Waals surface area contributed by atoms with Crippen LogP contribution >= 0.6 is 11.3 Å². The Kier molecular flexibility index (Phi) is 6.00. The number of thiophene rings is 1. The van der Waals surface area contributed by atoms with E-state index in [4.69, 9.17) is 0 Å². The average molecular weight is 356 g/mol. The molecule has 132 valence electrons. The molecule has 0 radical (unpaired) electrons. The summed E-state index contributed by atoms with van der Waals surface area (Å²) in [6.07, 6.45) is 3.15. The lowest BCUT2D eigenvalue weighted by Crippen LogP contribution is -2.48. The summed E-state index contributed by atoms with van der Waals surface area (Å²) in [5, 5.41) is 4.90. The summed E-state index contributed by atoms with van der Waals surface area (Å²) in [4.78, 5) is 26.8. The molecule has 1 aliphatic heterocycles. The summed E-state index contributed by atoms with van der Waals surface area (Å²) in [6, 6.07) is 12.4. The molecule has 1 N–H and O–H groups in total. The molecule has 0 saturated carbocycles. The van der Waals surface area contributed by atoms with Crippen molar-refractivity contribution in [1.29, 1.82) is 0 Å². The molecule has 2 aromatic rings. The Morgan fingerprint density at radius 2 is 2.08 bits per heavy atom. The lowest BCUT2D eigenvalue weighted by molar-refractivity contribution is 0.0904. The molecule has 0 unspecified atom stereocenters. The molecule has 1 aromatic heterocycles. The molecule has 1 fully saturated rings.